The highest BCUT2D eigenvalue weighted by Gasteiger charge is 2.16. The summed E-state index contributed by atoms with van der Waals surface area (Å²) in [7, 11) is 0. The number of hydrogen-bond acceptors (Lipinski definition) is 4. The van der Waals surface area contributed by atoms with Crippen LogP contribution in [0.4, 0.5) is 5.82 Å². The standard InChI is InChI=1S/C13H15ClN4/c1-8-3-2-4-9(5-8)12(18-16)11-6-10(14)7-17-13(11)15/h2-7,12,18H,16H2,1H3,(H2,15,17). The van der Waals surface area contributed by atoms with E-state index >= 15 is 0 Å². The van der Waals surface area contributed by atoms with E-state index in [9.17, 15) is 0 Å². The quantitative estimate of drug-likeness (QED) is 0.585. The van der Waals surface area contributed by atoms with Gasteiger partial charge in [0.25, 0.3) is 0 Å². The number of pyridine rings is 1. The molecule has 0 aliphatic carbocycles. The summed E-state index contributed by atoms with van der Waals surface area (Å²) in [5.41, 5.74) is 11.6. The summed E-state index contributed by atoms with van der Waals surface area (Å²) in [6, 6.07) is 9.58. The van der Waals surface area contributed by atoms with Crippen LogP contribution in [-0.2, 0) is 0 Å². The molecule has 0 aliphatic heterocycles. The smallest absolute Gasteiger partial charge is 0.128 e. The van der Waals surface area contributed by atoms with Gasteiger partial charge < -0.3 is 5.73 Å². The van der Waals surface area contributed by atoms with Crippen molar-refractivity contribution in [2.24, 2.45) is 5.84 Å². The second kappa shape index (κ2) is 5.35. The molecule has 1 atom stereocenters. The minimum absolute atomic E-state index is 0.226. The highest BCUT2D eigenvalue weighted by molar-refractivity contribution is 6.30. The Morgan fingerprint density at radius 2 is 2.11 bits per heavy atom. The van der Waals surface area contributed by atoms with Crippen LogP contribution in [0.25, 0.3) is 0 Å². The molecule has 0 bridgehead atoms. The Labute approximate surface area is 111 Å². The lowest BCUT2D eigenvalue weighted by Crippen LogP contribution is -2.29. The molecule has 1 aromatic heterocycles. The van der Waals surface area contributed by atoms with Crippen LogP contribution in [0.1, 0.15) is 22.7 Å². The van der Waals surface area contributed by atoms with E-state index in [1.165, 1.54) is 6.20 Å². The van der Waals surface area contributed by atoms with Crippen LogP contribution in [-0.4, -0.2) is 4.98 Å². The van der Waals surface area contributed by atoms with Gasteiger partial charge in [0.15, 0.2) is 0 Å². The minimum atomic E-state index is -0.226. The molecule has 0 saturated carbocycles. The molecule has 2 aromatic rings. The number of nitrogens with one attached hydrogen (secondary N) is 1. The number of aromatic nitrogens is 1. The first-order valence-corrected chi connectivity index (χ1v) is 5.93. The summed E-state index contributed by atoms with van der Waals surface area (Å²) in [6.45, 7) is 2.02. The van der Waals surface area contributed by atoms with Gasteiger partial charge in [-0.15, -0.1) is 0 Å². The first kappa shape index (κ1) is 12.8. The normalized spacial score (nSPS) is 12.4. The summed E-state index contributed by atoms with van der Waals surface area (Å²) in [4.78, 5) is 4.05. The van der Waals surface area contributed by atoms with Crippen LogP contribution in [0.3, 0.4) is 0 Å². The first-order chi connectivity index (χ1) is 8.61. The lowest BCUT2D eigenvalue weighted by Gasteiger charge is -2.18. The Kier molecular flexibility index (Phi) is 3.81. The number of rotatable bonds is 3. The molecule has 94 valence electrons. The van der Waals surface area contributed by atoms with Crippen molar-refractivity contribution < 1.29 is 0 Å². The fourth-order valence-corrected chi connectivity index (χ4v) is 2.08. The van der Waals surface area contributed by atoms with Crippen molar-refractivity contribution in [1.82, 2.24) is 10.4 Å². The molecule has 0 spiro atoms. The molecule has 2 rings (SSSR count). The Balaban J connectivity index is 2.48. The van der Waals surface area contributed by atoms with Crippen molar-refractivity contribution in [3.05, 3.63) is 58.2 Å². The van der Waals surface area contributed by atoms with E-state index in [-0.39, 0.29) is 6.04 Å². The largest absolute Gasteiger partial charge is 0.383 e. The maximum atomic E-state index is 5.95. The van der Waals surface area contributed by atoms with Crippen LogP contribution in [0.2, 0.25) is 5.02 Å². The van der Waals surface area contributed by atoms with Gasteiger partial charge in [-0.1, -0.05) is 41.4 Å². The van der Waals surface area contributed by atoms with Gasteiger partial charge in [-0.25, -0.2) is 10.4 Å². The van der Waals surface area contributed by atoms with E-state index in [0.717, 1.165) is 16.7 Å². The van der Waals surface area contributed by atoms with Crippen molar-refractivity contribution in [2.75, 3.05) is 5.73 Å². The third-order valence-electron chi connectivity index (χ3n) is 2.77. The topological polar surface area (TPSA) is 77.0 Å². The average Bonchev–Trinajstić information content (AvgIpc) is 2.35. The van der Waals surface area contributed by atoms with Crippen molar-refractivity contribution in [1.29, 1.82) is 0 Å². The molecule has 1 heterocycles. The van der Waals surface area contributed by atoms with E-state index in [0.29, 0.717) is 10.8 Å². The maximum Gasteiger partial charge on any atom is 0.128 e. The zero-order valence-corrected chi connectivity index (χ0v) is 10.8. The molecule has 0 amide bonds. The molecule has 18 heavy (non-hydrogen) atoms. The molecular formula is C13H15ClN4. The lowest BCUT2D eigenvalue weighted by atomic mass is 9.98. The number of nitrogen functional groups attached to an aromatic ring is 1. The second-order valence-corrected chi connectivity index (χ2v) is 4.58. The monoisotopic (exact) mass is 262 g/mol. The van der Waals surface area contributed by atoms with E-state index < -0.39 is 0 Å². The van der Waals surface area contributed by atoms with Crippen LogP contribution in [0.15, 0.2) is 36.5 Å². The summed E-state index contributed by atoms with van der Waals surface area (Å²) in [5, 5.41) is 0.534. The maximum absolute atomic E-state index is 5.95. The Morgan fingerprint density at radius 3 is 2.78 bits per heavy atom. The Hall–Kier alpha value is -1.62. The number of hydrazine groups is 1. The zero-order valence-electron chi connectivity index (χ0n) is 10.0. The fourth-order valence-electron chi connectivity index (χ4n) is 1.91. The minimum Gasteiger partial charge on any atom is -0.383 e. The van der Waals surface area contributed by atoms with E-state index in [1.807, 2.05) is 31.2 Å². The van der Waals surface area contributed by atoms with Gasteiger partial charge in [0, 0.05) is 11.8 Å². The van der Waals surface area contributed by atoms with Crippen LogP contribution >= 0.6 is 11.6 Å². The average molecular weight is 263 g/mol. The van der Waals surface area contributed by atoms with Crippen molar-refractivity contribution in [3.63, 3.8) is 0 Å². The van der Waals surface area contributed by atoms with E-state index in [1.54, 1.807) is 6.07 Å². The molecule has 0 aliphatic rings. The van der Waals surface area contributed by atoms with Crippen molar-refractivity contribution >= 4 is 17.4 Å². The fraction of sp³-hybridized carbons (Fsp3) is 0.154. The Morgan fingerprint density at radius 1 is 1.33 bits per heavy atom. The van der Waals surface area contributed by atoms with Gasteiger partial charge >= 0.3 is 0 Å². The molecule has 4 nitrogen and oxygen atoms in total. The van der Waals surface area contributed by atoms with E-state index in [2.05, 4.69) is 10.4 Å². The van der Waals surface area contributed by atoms with Crippen molar-refractivity contribution in [2.45, 2.75) is 13.0 Å². The number of benzene rings is 1. The highest BCUT2D eigenvalue weighted by Crippen LogP contribution is 2.27. The number of aryl methyl sites for hydroxylation is 1. The van der Waals surface area contributed by atoms with Crippen molar-refractivity contribution in [3.8, 4) is 0 Å². The molecule has 0 saturated heterocycles. The first-order valence-electron chi connectivity index (χ1n) is 5.55. The van der Waals surface area contributed by atoms with Crippen LogP contribution in [0, 0.1) is 6.92 Å². The third kappa shape index (κ3) is 2.61. The third-order valence-corrected chi connectivity index (χ3v) is 2.98. The van der Waals surface area contributed by atoms with Gasteiger partial charge in [0.1, 0.15) is 5.82 Å². The molecule has 5 heteroatoms. The number of halogens is 1. The summed E-state index contributed by atoms with van der Waals surface area (Å²) in [5.74, 6) is 6.05. The van der Waals surface area contributed by atoms with Gasteiger partial charge in [-0.05, 0) is 18.6 Å². The van der Waals surface area contributed by atoms with Gasteiger partial charge in [-0.2, -0.15) is 0 Å². The molecule has 1 aromatic carbocycles. The number of anilines is 1. The summed E-state index contributed by atoms with van der Waals surface area (Å²) < 4.78 is 0. The van der Waals surface area contributed by atoms with Gasteiger partial charge in [0.2, 0.25) is 0 Å². The number of hydrogen-bond donors (Lipinski definition) is 3. The second-order valence-electron chi connectivity index (χ2n) is 4.14. The van der Waals surface area contributed by atoms with Crippen LogP contribution in [0.5, 0.6) is 0 Å². The predicted molar refractivity (Wildman–Crippen MR) is 74.0 cm³/mol. The number of nitrogens with zero attached hydrogens (tertiary/aromatic N) is 1. The lowest BCUT2D eigenvalue weighted by molar-refractivity contribution is 0.636. The molecule has 0 fully saturated rings. The summed E-state index contributed by atoms with van der Waals surface area (Å²) >= 11 is 5.95. The number of nitrogens with two attached hydrogens (primary N) is 2. The van der Waals surface area contributed by atoms with Crippen LogP contribution < -0.4 is 17.0 Å². The SMILES string of the molecule is Cc1cccc(C(NN)c2cc(Cl)cnc2N)c1. The Bertz CT molecular complexity index is 556. The molecule has 0 radical (unpaired) electrons. The van der Waals surface area contributed by atoms with E-state index in [4.69, 9.17) is 23.2 Å². The van der Waals surface area contributed by atoms with Gasteiger partial charge in [0.05, 0.1) is 11.1 Å². The predicted octanol–water partition coefficient (Wildman–Crippen LogP) is 2.18. The molecular weight excluding hydrogens is 248 g/mol. The van der Waals surface area contributed by atoms with Gasteiger partial charge in [-0.3, -0.25) is 5.84 Å². The summed E-state index contributed by atoms with van der Waals surface area (Å²) in [6.07, 6.45) is 1.52. The molecule has 5 N–H and O–H groups in total. The zero-order chi connectivity index (χ0) is 13.1. The molecule has 1 unspecified atom stereocenters. The highest BCUT2D eigenvalue weighted by atomic mass is 35.5.